The van der Waals surface area contributed by atoms with E-state index in [1.807, 2.05) is 12.3 Å². The summed E-state index contributed by atoms with van der Waals surface area (Å²) >= 11 is 0. The highest BCUT2D eigenvalue weighted by molar-refractivity contribution is 5.85. The number of nitrogens with one attached hydrogen (secondary N) is 1. The Labute approximate surface area is 120 Å². The van der Waals surface area contributed by atoms with Crippen molar-refractivity contribution in [3.8, 4) is 5.88 Å². The van der Waals surface area contributed by atoms with E-state index >= 15 is 0 Å². The Kier molecular flexibility index (Phi) is 5.43. The molecule has 4 nitrogen and oxygen atoms in total. The first kappa shape index (κ1) is 14.6. The highest BCUT2D eigenvalue weighted by Crippen LogP contribution is 2.32. The van der Waals surface area contributed by atoms with Gasteiger partial charge in [-0.15, -0.1) is 12.4 Å². The molecule has 5 heteroatoms. The summed E-state index contributed by atoms with van der Waals surface area (Å²) in [5.74, 6) is 1.37. The Hall–Kier alpha value is -0.840. The van der Waals surface area contributed by atoms with Gasteiger partial charge in [0.05, 0.1) is 0 Å². The number of ether oxygens (including phenoxy) is 2. The fourth-order valence-electron chi connectivity index (χ4n) is 2.71. The lowest BCUT2D eigenvalue weighted by Crippen LogP contribution is -2.22. The van der Waals surface area contributed by atoms with Crippen molar-refractivity contribution in [3.63, 3.8) is 0 Å². The summed E-state index contributed by atoms with van der Waals surface area (Å²) in [7, 11) is 0. The fraction of sp³-hybridized carbons (Fsp3) is 0.643. The topological polar surface area (TPSA) is 43.4 Å². The van der Waals surface area contributed by atoms with Gasteiger partial charge in [-0.3, -0.25) is 0 Å². The minimum atomic E-state index is 0. The van der Waals surface area contributed by atoms with Crippen LogP contribution >= 0.6 is 12.4 Å². The second-order valence-corrected chi connectivity index (χ2v) is 5.02. The molecule has 1 aromatic heterocycles. The molecule has 3 heterocycles. The molecular formula is C14H21ClN2O2. The van der Waals surface area contributed by atoms with Crippen molar-refractivity contribution in [2.75, 3.05) is 26.3 Å². The van der Waals surface area contributed by atoms with E-state index in [4.69, 9.17) is 9.47 Å². The number of nitrogens with zero attached hydrogens (tertiary/aromatic N) is 1. The van der Waals surface area contributed by atoms with Crippen LogP contribution in [-0.2, 0) is 4.74 Å². The lowest BCUT2D eigenvalue weighted by molar-refractivity contribution is 0.0839. The summed E-state index contributed by atoms with van der Waals surface area (Å²) in [6, 6.07) is 4.16. The van der Waals surface area contributed by atoms with E-state index < -0.39 is 0 Å². The van der Waals surface area contributed by atoms with Crippen LogP contribution in [0.2, 0.25) is 0 Å². The van der Waals surface area contributed by atoms with Gasteiger partial charge >= 0.3 is 0 Å². The Morgan fingerprint density at radius 1 is 1.26 bits per heavy atom. The Bertz CT molecular complexity index is 391. The number of rotatable bonds is 3. The van der Waals surface area contributed by atoms with E-state index in [-0.39, 0.29) is 18.5 Å². The quantitative estimate of drug-likeness (QED) is 0.924. The first-order valence-corrected chi connectivity index (χ1v) is 6.83. The van der Waals surface area contributed by atoms with E-state index in [1.54, 1.807) is 0 Å². The van der Waals surface area contributed by atoms with E-state index in [9.17, 15) is 0 Å². The molecule has 2 aliphatic rings. The van der Waals surface area contributed by atoms with Crippen molar-refractivity contribution in [2.45, 2.75) is 31.3 Å². The van der Waals surface area contributed by atoms with E-state index in [2.05, 4.69) is 16.4 Å². The van der Waals surface area contributed by atoms with Gasteiger partial charge in [0.15, 0.2) is 0 Å². The summed E-state index contributed by atoms with van der Waals surface area (Å²) in [5.41, 5.74) is 1.26. The first-order valence-electron chi connectivity index (χ1n) is 6.83. The van der Waals surface area contributed by atoms with Crippen LogP contribution in [0.4, 0.5) is 0 Å². The van der Waals surface area contributed by atoms with Crippen LogP contribution in [0.25, 0.3) is 0 Å². The van der Waals surface area contributed by atoms with E-state index in [0.717, 1.165) is 51.4 Å². The predicted molar refractivity (Wildman–Crippen MR) is 76.2 cm³/mol. The summed E-state index contributed by atoms with van der Waals surface area (Å²) in [4.78, 5) is 4.43. The van der Waals surface area contributed by atoms with Crippen molar-refractivity contribution >= 4 is 12.4 Å². The number of hydrogen-bond donors (Lipinski definition) is 1. The normalized spacial score (nSPS) is 23.9. The minimum absolute atomic E-state index is 0. The standard InChI is InChI=1S/C14H20N2O2.ClH/c1-2-13(11-4-8-17-9-5-11)14(16-6-1)18-12-3-7-15-10-12;/h1-2,6,11-12,15H,3-5,7-10H2;1H/t12-;/m1./s1. The zero-order valence-electron chi connectivity index (χ0n) is 11.0. The van der Waals surface area contributed by atoms with Crippen LogP contribution in [-0.4, -0.2) is 37.4 Å². The van der Waals surface area contributed by atoms with Crippen molar-refractivity contribution < 1.29 is 9.47 Å². The molecule has 3 rings (SSSR count). The maximum atomic E-state index is 6.05. The van der Waals surface area contributed by atoms with Gasteiger partial charge in [0.2, 0.25) is 5.88 Å². The van der Waals surface area contributed by atoms with Gasteiger partial charge in [0, 0.05) is 31.5 Å². The van der Waals surface area contributed by atoms with Crippen LogP contribution in [0.5, 0.6) is 5.88 Å². The number of pyridine rings is 1. The zero-order chi connectivity index (χ0) is 12.2. The summed E-state index contributed by atoms with van der Waals surface area (Å²) in [6.07, 6.45) is 5.32. The summed E-state index contributed by atoms with van der Waals surface area (Å²) in [6.45, 7) is 3.68. The molecule has 106 valence electrons. The molecule has 0 saturated carbocycles. The molecule has 0 unspecified atom stereocenters. The monoisotopic (exact) mass is 284 g/mol. The molecule has 1 atom stereocenters. The average Bonchev–Trinajstić information content (AvgIpc) is 2.93. The van der Waals surface area contributed by atoms with Gasteiger partial charge in [-0.05, 0) is 37.8 Å². The third-order valence-electron chi connectivity index (χ3n) is 3.76. The van der Waals surface area contributed by atoms with E-state index in [1.165, 1.54) is 5.56 Å². The second kappa shape index (κ2) is 7.08. The van der Waals surface area contributed by atoms with Crippen molar-refractivity contribution in [3.05, 3.63) is 23.9 Å². The third-order valence-corrected chi connectivity index (χ3v) is 3.76. The van der Waals surface area contributed by atoms with Crippen molar-refractivity contribution in [1.82, 2.24) is 10.3 Å². The lowest BCUT2D eigenvalue weighted by atomic mass is 9.92. The molecule has 0 aliphatic carbocycles. The second-order valence-electron chi connectivity index (χ2n) is 5.02. The molecule has 0 radical (unpaired) electrons. The minimum Gasteiger partial charge on any atom is -0.473 e. The molecule has 2 fully saturated rings. The summed E-state index contributed by atoms with van der Waals surface area (Å²) in [5, 5.41) is 3.32. The molecular weight excluding hydrogens is 264 g/mol. The largest absolute Gasteiger partial charge is 0.473 e. The van der Waals surface area contributed by atoms with E-state index in [0.29, 0.717) is 5.92 Å². The van der Waals surface area contributed by atoms with Gasteiger partial charge in [-0.2, -0.15) is 0 Å². The molecule has 0 spiro atoms. The smallest absolute Gasteiger partial charge is 0.217 e. The molecule has 2 saturated heterocycles. The van der Waals surface area contributed by atoms with Gasteiger partial charge in [-0.1, -0.05) is 6.07 Å². The van der Waals surface area contributed by atoms with Crippen LogP contribution in [0.1, 0.15) is 30.7 Å². The maximum absolute atomic E-state index is 6.05. The van der Waals surface area contributed by atoms with Crippen LogP contribution < -0.4 is 10.1 Å². The number of halogens is 1. The zero-order valence-corrected chi connectivity index (χ0v) is 11.8. The molecule has 19 heavy (non-hydrogen) atoms. The fourth-order valence-corrected chi connectivity index (χ4v) is 2.71. The van der Waals surface area contributed by atoms with Gasteiger partial charge < -0.3 is 14.8 Å². The molecule has 0 bridgehead atoms. The highest BCUT2D eigenvalue weighted by Gasteiger charge is 2.23. The number of hydrogen-bond acceptors (Lipinski definition) is 4. The van der Waals surface area contributed by atoms with Crippen molar-refractivity contribution in [1.29, 1.82) is 0 Å². The third kappa shape index (κ3) is 3.59. The van der Waals surface area contributed by atoms with Crippen LogP contribution in [0, 0.1) is 0 Å². The van der Waals surface area contributed by atoms with Crippen LogP contribution in [0.3, 0.4) is 0 Å². The SMILES string of the molecule is Cl.c1cnc(O[C@@H]2CCNC2)c(C2CCOCC2)c1. The van der Waals surface area contributed by atoms with Crippen molar-refractivity contribution in [2.24, 2.45) is 0 Å². The first-order chi connectivity index (χ1) is 8.93. The Morgan fingerprint density at radius 3 is 2.84 bits per heavy atom. The lowest BCUT2D eigenvalue weighted by Gasteiger charge is -2.24. The van der Waals surface area contributed by atoms with Gasteiger partial charge in [0.1, 0.15) is 6.10 Å². The highest BCUT2D eigenvalue weighted by atomic mass is 35.5. The summed E-state index contributed by atoms with van der Waals surface area (Å²) < 4.78 is 11.5. The van der Waals surface area contributed by atoms with Gasteiger partial charge in [-0.25, -0.2) is 4.98 Å². The maximum Gasteiger partial charge on any atom is 0.217 e. The molecule has 1 aromatic rings. The molecule has 0 amide bonds. The molecule has 2 aliphatic heterocycles. The number of aromatic nitrogens is 1. The van der Waals surface area contributed by atoms with Gasteiger partial charge in [0.25, 0.3) is 0 Å². The Morgan fingerprint density at radius 2 is 2.11 bits per heavy atom. The molecule has 1 N–H and O–H groups in total. The molecule has 0 aromatic carbocycles. The predicted octanol–water partition coefficient (Wildman–Crippen LogP) is 2.14. The Balaban J connectivity index is 0.00000133. The van der Waals surface area contributed by atoms with Crippen LogP contribution in [0.15, 0.2) is 18.3 Å². The average molecular weight is 285 g/mol.